The maximum atomic E-state index is 4.04. The quantitative estimate of drug-likeness (QED) is 0.405. The first-order chi connectivity index (χ1) is 12.1. The highest BCUT2D eigenvalue weighted by molar-refractivity contribution is 5.52. The lowest BCUT2D eigenvalue weighted by Crippen LogP contribution is -1.86. The molecule has 0 aromatic rings. The van der Waals surface area contributed by atoms with Gasteiger partial charge in [-0.3, -0.25) is 0 Å². The van der Waals surface area contributed by atoms with Gasteiger partial charge in [-0.1, -0.05) is 110 Å². The van der Waals surface area contributed by atoms with E-state index in [0.29, 0.717) is 0 Å². The van der Waals surface area contributed by atoms with Gasteiger partial charge in [-0.15, -0.1) is 0 Å². The summed E-state index contributed by atoms with van der Waals surface area (Å²) in [4.78, 5) is 0. The number of hydrogen-bond donors (Lipinski definition) is 0. The van der Waals surface area contributed by atoms with E-state index >= 15 is 0 Å². The van der Waals surface area contributed by atoms with Gasteiger partial charge in [-0.2, -0.15) is 0 Å². The molecule has 0 heterocycles. The summed E-state index contributed by atoms with van der Waals surface area (Å²) in [5.74, 6) is 0. The average molecular weight is 343 g/mol. The molecule has 0 rings (SSSR count). The van der Waals surface area contributed by atoms with Crippen LogP contribution in [0.4, 0.5) is 0 Å². The number of hydrogen-bond acceptors (Lipinski definition) is 0. The summed E-state index contributed by atoms with van der Waals surface area (Å²) in [6, 6.07) is 0. The molecule has 0 amide bonds. The molecule has 0 spiro atoms. The first kappa shape index (κ1) is 30.8. The van der Waals surface area contributed by atoms with Crippen LogP contribution in [0.1, 0.15) is 62.3 Å². The van der Waals surface area contributed by atoms with Crippen LogP contribution in [0.15, 0.2) is 96.7 Å². The Morgan fingerprint density at radius 3 is 1.68 bits per heavy atom. The molecule has 0 aliphatic rings. The highest BCUT2D eigenvalue weighted by Gasteiger charge is 1.99. The predicted molar refractivity (Wildman–Crippen MR) is 123 cm³/mol. The third-order valence-corrected chi connectivity index (χ3v) is 2.64. The summed E-state index contributed by atoms with van der Waals surface area (Å²) in [7, 11) is 0. The molecule has 0 saturated heterocycles. The lowest BCUT2D eigenvalue weighted by atomic mass is 9.99. The van der Waals surface area contributed by atoms with Gasteiger partial charge < -0.3 is 0 Å². The molecule has 142 valence electrons. The third kappa shape index (κ3) is 18.1. The van der Waals surface area contributed by atoms with Crippen molar-refractivity contribution in [1.29, 1.82) is 0 Å². The van der Waals surface area contributed by atoms with Crippen molar-refractivity contribution in [2.75, 3.05) is 0 Å². The summed E-state index contributed by atoms with van der Waals surface area (Å²) in [6.45, 7) is 29.7. The van der Waals surface area contributed by atoms with Crippen molar-refractivity contribution in [1.82, 2.24) is 0 Å². The molecule has 0 aliphatic carbocycles. The van der Waals surface area contributed by atoms with E-state index in [1.807, 2.05) is 85.8 Å². The Kier molecular flexibility index (Phi) is 33.0. The second-order valence-electron chi connectivity index (χ2n) is 4.04. The number of rotatable bonds is 7. The van der Waals surface area contributed by atoms with E-state index in [0.717, 1.165) is 11.1 Å². The first-order valence-corrected chi connectivity index (χ1v) is 9.39. The SMILES string of the molecule is C=C/C=C\C(=C)\C(C=C)=C/C(=C/C)C(/C)=C\C=C/C.CC.CC.CC. The maximum absolute atomic E-state index is 4.04. The molecule has 25 heavy (non-hydrogen) atoms. The van der Waals surface area contributed by atoms with Gasteiger partial charge in [0.2, 0.25) is 0 Å². The van der Waals surface area contributed by atoms with Crippen LogP contribution in [0.5, 0.6) is 0 Å². The second-order valence-corrected chi connectivity index (χ2v) is 4.04. The van der Waals surface area contributed by atoms with E-state index in [9.17, 15) is 0 Å². The minimum absolute atomic E-state index is 0.924. The summed E-state index contributed by atoms with van der Waals surface area (Å²) < 4.78 is 0. The molecule has 0 aliphatic heterocycles. The molecular weight excluding hydrogens is 300 g/mol. The van der Waals surface area contributed by atoms with Gasteiger partial charge in [0.05, 0.1) is 0 Å². The van der Waals surface area contributed by atoms with Crippen molar-refractivity contribution < 1.29 is 0 Å². The van der Waals surface area contributed by atoms with Crippen molar-refractivity contribution in [3.8, 4) is 0 Å². The first-order valence-electron chi connectivity index (χ1n) is 9.39. The van der Waals surface area contributed by atoms with Gasteiger partial charge in [0.25, 0.3) is 0 Å². The maximum Gasteiger partial charge on any atom is -0.0190 e. The Labute approximate surface area is 159 Å². The van der Waals surface area contributed by atoms with Gasteiger partial charge in [0.15, 0.2) is 0 Å². The van der Waals surface area contributed by atoms with Gasteiger partial charge >= 0.3 is 0 Å². The molecule has 0 aromatic heterocycles. The van der Waals surface area contributed by atoms with Gasteiger partial charge in [0.1, 0.15) is 0 Å². The summed E-state index contributed by atoms with van der Waals surface area (Å²) in [5.41, 5.74) is 4.31. The summed E-state index contributed by atoms with van der Waals surface area (Å²) in [6.07, 6.45) is 17.7. The van der Waals surface area contributed by atoms with E-state index in [-0.39, 0.29) is 0 Å². The van der Waals surface area contributed by atoms with E-state index in [1.54, 1.807) is 6.08 Å². The van der Waals surface area contributed by atoms with E-state index in [4.69, 9.17) is 0 Å². The van der Waals surface area contributed by atoms with Crippen molar-refractivity contribution >= 4 is 0 Å². The van der Waals surface area contributed by atoms with Crippen LogP contribution in [0, 0.1) is 0 Å². The second kappa shape index (κ2) is 26.8. The summed E-state index contributed by atoms with van der Waals surface area (Å²) in [5, 5.41) is 0. The van der Waals surface area contributed by atoms with Crippen LogP contribution in [-0.4, -0.2) is 0 Å². The van der Waals surface area contributed by atoms with E-state index in [1.165, 1.54) is 11.1 Å². The zero-order valence-corrected chi connectivity index (χ0v) is 18.3. The van der Waals surface area contributed by atoms with Crippen LogP contribution in [0.3, 0.4) is 0 Å². The molecule has 0 fully saturated rings. The molecule has 0 atom stereocenters. The normalized spacial score (nSPS) is 11.5. The lowest BCUT2D eigenvalue weighted by molar-refractivity contribution is 1.38. The van der Waals surface area contributed by atoms with Crippen molar-refractivity contribution in [2.24, 2.45) is 0 Å². The van der Waals surface area contributed by atoms with Crippen LogP contribution in [0.2, 0.25) is 0 Å². The highest BCUT2D eigenvalue weighted by atomic mass is 14.0. The molecule has 0 unspecified atom stereocenters. The van der Waals surface area contributed by atoms with Crippen molar-refractivity contribution in [3.63, 3.8) is 0 Å². The molecule has 0 heteroatoms. The molecule has 0 saturated carbocycles. The highest BCUT2D eigenvalue weighted by Crippen LogP contribution is 2.18. The fraction of sp³-hybridized carbons (Fsp3) is 0.360. The van der Waals surface area contributed by atoms with Crippen LogP contribution in [0.25, 0.3) is 0 Å². The van der Waals surface area contributed by atoms with Gasteiger partial charge in [0, 0.05) is 0 Å². The minimum atomic E-state index is 0.924. The molecule has 0 bridgehead atoms. The molecule has 0 N–H and O–H groups in total. The average Bonchev–Trinajstić information content (AvgIpc) is 2.69. The fourth-order valence-corrected chi connectivity index (χ4v) is 1.49. The fourth-order valence-electron chi connectivity index (χ4n) is 1.49. The largest absolute Gasteiger partial charge is 0.0991 e. The monoisotopic (exact) mass is 342 g/mol. The topological polar surface area (TPSA) is 0 Å². The standard InChI is InChI=1S/C19H24.3C2H6/c1-7-11-13-16(5)18(9-3)15-19(10-4)17(6)14-12-8-2;3*1-2/h7-15H,1,3,5H2,2,4,6H3;3*1-2H3/b12-8-,13-11-,17-14-,18-15-,19-10-;;;. The Balaban J connectivity index is -0.000000329. The Morgan fingerprint density at radius 1 is 0.800 bits per heavy atom. The van der Waals surface area contributed by atoms with E-state index < -0.39 is 0 Å². The Morgan fingerprint density at radius 2 is 1.32 bits per heavy atom. The van der Waals surface area contributed by atoms with Gasteiger partial charge in [-0.25, -0.2) is 0 Å². The zero-order chi connectivity index (χ0) is 20.7. The molecule has 0 radical (unpaired) electrons. The van der Waals surface area contributed by atoms with Crippen molar-refractivity contribution in [2.45, 2.75) is 62.3 Å². The van der Waals surface area contributed by atoms with Crippen LogP contribution < -0.4 is 0 Å². The van der Waals surface area contributed by atoms with Crippen LogP contribution >= 0.6 is 0 Å². The van der Waals surface area contributed by atoms with Crippen molar-refractivity contribution in [3.05, 3.63) is 96.7 Å². The Hall–Kier alpha value is -2.08. The minimum Gasteiger partial charge on any atom is -0.0991 e. The van der Waals surface area contributed by atoms with Gasteiger partial charge in [-0.05, 0) is 49.1 Å². The zero-order valence-electron chi connectivity index (χ0n) is 18.3. The lowest BCUT2D eigenvalue weighted by Gasteiger charge is -2.06. The summed E-state index contributed by atoms with van der Waals surface area (Å²) >= 11 is 0. The molecular formula is C25H42. The Bertz CT molecular complexity index is 474. The smallest absolute Gasteiger partial charge is 0.0190 e. The van der Waals surface area contributed by atoms with E-state index in [2.05, 4.69) is 44.9 Å². The van der Waals surface area contributed by atoms with Crippen LogP contribution in [-0.2, 0) is 0 Å². The molecule has 0 nitrogen and oxygen atoms in total. The number of allylic oxidation sites excluding steroid dienone is 13. The molecule has 0 aromatic carbocycles. The predicted octanol–water partition coefficient (Wildman–Crippen LogP) is 8.94. The third-order valence-electron chi connectivity index (χ3n) is 2.64.